The Hall–Kier alpha value is -3.60. The van der Waals surface area contributed by atoms with E-state index in [-0.39, 0.29) is 5.23 Å². The number of hydrogen-bond acceptors (Lipinski definition) is 3. The normalized spacial score (nSPS) is 14.6. The molecule has 5 aromatic carbocycles. The van der Waals surface area contributed by atoms with Gasteiger partial charge in [-0.25, -0.2) is 0 Å². The summed E-state index contributed by atoms with van der Waals surface area (Å²) in [7, 11) is 2.06. The predicted molar refractivity (Wildman–Crippen MR) is 124 cm³/mol. The molecule has 145 valence electrons. The average molecular weight is 398 g/mol. The third-order valence-electron chi connectivity index (χ3n) is 7.06. The smallest absolute Gasteiger partial charge is 0.195 e. The standard InChI is InChI=1S/C27H17BNO2/c30-29(31)23-13-5-11-21-26(23)28-22-12-2-1-8-18(22)27(21)19-9-3-6-16-14-15-17-7-4-10-20(27)25(17)24(16)19/h1-15,30-31H. The molecule has 1 heterocycles. The van der Waals surface area contributed by atoms with Crippen LogP contribution >= 0.6 is 0 Å². The van der Waals surface area contributed by atoms with Gasteiger partial charge in [-0.05, 0) is 55.3 Å². The summed E-state index contributed by atoms with van der Waals surface area (Å²) in [6, 6.07) is 31.7. The van der Waals surface area contributed by atoms with E-state index in [1.165, 1.54) is 38.2 Å². The van der Waals surface area contributed by atoms with Gasteiger partial charge in [0.1, 0.15) is 0 Å². The number of benzene rings is 5. The van der Waals surface area contributed by atoms with E-state index in [2.05, 4.69) is 80.1 Å². The number of hydrogen-bond donors (Lipinski definition) is 2. The summed E-state index contributed by atoms with van der Waals surface area (Å²) >= 11 is 0. The fraction of sp³-hybridized carbons (Fsp3) is 0.0370. The van der Waals surface area contributed by atoms with E-state index in [9.17, 15) is 10.4 Å². The molecule has 5 aromatic rings. The number of nitrogens with zero attached hydrogens (tertiary/aromatic N) is 1. The number of anilines is 1. The van der Waals surface area contributed by atoms with Crippen molar-refractivity contribution < 1.29 is 10.4 Å². The molecular formula is C27H17BNO2. The van der Waals surface area contributed by atoms with Crippen molar-refractivity contribution in [3.63, 3.8) is 0 Å². The van der Waals surface area contributed by atoms with E-state index in [1.54, 1.807) is 6.07 Å². The van der Waals surface area contributed by atoms with Crippen LogP contribution in [-0.4, -0.2) is 17.7 Å². The quantitative estimate of drug-likeness (QED) is 0.247. The molecular weight excluding hydrogens is 381 g/mol. The van der Waals surface area contributed by atoms with Crippen LogP contribution in [0.25, 0.3) is 21.5 Å². The lowest BCUT2D eigenvalue weighted by molar-refractivity contribution is 0.0297. The minimum Gasteiger partial charge on any atom is -0.264 e. The largest absolute Gasteiger partial charge is 0.264 e. The van der Waals surface area contributed by atoms with Crippen LogP contribution in [0.4, 0.5) is 5.69 Å². The van der Waals surface area contributed by atoms with Gasteiger partial charge in [0.05, 0.1) is 11.1 Å². The zero-order valence-electron chi connectivity index (χ0n) is 16.6. The molecule has 0 bridgehead atoms. The highest BCUT2D eigenvalue weighted by molar-refractivity contribution is 6.70. The molecule has 1 spiro atoms. The van der Waals surface area contributed by atoms with Gasteiger partial charge in [0.2, 0.25) is 0 Å². The van der Waals surface area contributed by atoms with Crippen LogP contribution < -0.4 is 16.2 Å². The predicted octanol–water partition coefficient (Wildman–Crippen LogP) is 4.24. The van der Waals surface area contributed by atoms with Crippen molar-refractivity contribution in [2.24, 2.45) is 0 Å². The Labute approximate surface area is 180 Å². The molecule has 31 heavy (non-hydrogen) atoms. The fourth-order valence-electron chi connectivity index (χ4n) is 5.98. The Bertz CT molecular complexity index is 1490. The molecule has 0 amide bonds. The van der Waals surface area contributed by atoms with E-state index in [1.807, 2.05) is 12.1 Å². The Morgan fingerprint density at radius 3 is 1.84 bits per heavy atom. The summed E-state index contributed by atoms with van der Waals surface area (Å²) in [6.07, 6.45) is 0. The van der Waals surface area contributed by atoms with Gasteiger partial charge in [0.15, 0.2) is 7.28 Å². The molecule has 2 aliphatic rings. The van der Waals surface area contributed by atoms with Crippen LogP contribution in [0.15, 0.2) is 91.0 Å². The van der Waals surface area contributed by atoms with Gasteiger partial charge in [0.25, 0.3) is 0 Å². The fourth-order valence-corrected chi connectivity index (χ4v) is 5.98. The van der Waals surface area contributed by atoms with Crippen LogP contribution in [-0.2, 0) is 5.41 Å². The Morgan fingerprint density at radius 1 is 0.581 bits per heavy atom. The first kappa shape index (κ1) is 17.1. The van der Waals surface area contributed by atoms with Crippen molar-refractivity contribution in [2.45, 2.75) is 5.41 Å². The van der Waals surface area contributed by atoms with E-state index >= 15 is 0 Å². The maximum Gasteiger partial charge on any atom is 0.195 e. The molecule has 2 N–H and O–H groups in total. The Morgan fingerprint density at radius 2 is 1.16 bits per heavy atom. The van der Waals surface area contributed by atoms with Crippen LogP contribution in [0.2, 0.25) is 0 Å². The topological polar surface area (TPSA) is 43.7 Å². The molecule has 1 radical (unpaired) electrons. The van der Waals surface area contributed by atoms with Crippen LogP contribution in [0.5, 0.6) is 0 Å². The molecule has 4 heteroatoms. The number of fused-ring (bicyclic) bond motifs is 6. The van der Waals surface area contributed by atoms with Crippen molar-refractivity contribution in [1.29, 1.82) is 0 Å². The molecule has 1 aliphatic carbocycles. The zero-order valence-corrected chi connectivity index (χ0v) is 16.6. The third kappa shape index (κ3) is 1.92. The van der Waals surface area contributed by atoms with E-state index in [0.717, 1.165) is 16.5 Å². The second-order valence-electron chi connectivity index (χ2n) is 8.38. The second-order valence-corrected chi connectivity index (χ2v) is 8.38. The first-order valence-electron chi connectivity index (χ1n) is 10.4. The minimum atomic E-state index is -0.518. The van der Waals surface area contributed by atoms with Crippen LogP contribution in [0.1, 0.15) is 22.3 Å². The van der Waals surface area contributed by atoms with E-state index < -0.39 is 5.41 Å². The first-order chi connectivity index (χ1) is 15.2. The summed E-state index contributed by atoms with van der Waals surface area (Å²) in [6.45, 7) is 0. The third-order valence-corrected chi connectivity index (χ3v) is 7.06. The van der Waals surface area contributed by atoms with Crippen LogP contribution in [0, 0.1) is 0 Å². The van der Waals surface area contributed by atoms with Gasteiger partial charge in [-0.2, -0.15) is 0 Å². The molecule has 0 saturated carbocycles. The first-order valence-corrected chi connectivity index (χ1v) is 10.4. The highest BCUT2D eigenvalue weighted by Crippen LogP contribution is 2.55. The molecule has 0 aromatic heterocycles. The molecule has 0 unspecified atom stereocenters. The minimum absolute atomic E-state index is 0.236. The molecule has 1 aliphatic heterocycles. The summed E-state index contributed by atoms with van der Waals surface area (Å²) in [5, 5.41) is 25.3. The maximum atomic E-state index is 10.0. The monoisotopic (exact) mass is 398 g/mol. The lowest BCUT2D eigenvalue weighted by atomic mass is 9.47. The van der Waals surface area contributed by atoms with Gasteiger partial charge in [-0.3, -0.25) is 10.4 Å². The van der Waals surface area contributed by atoms with E-state index in [4.69, 9.17) is 0 Å². The van der Waals surface area contributed by atoms with Crippen LogP contribution in [0.3, 0.4) is 0 Å². The maximum absolute atomic E-state index is 10.0. The molecule has 3 nitrogen and oxygen atoms in total. The zero-order chi connectivity index (χ0) is 20.7. The lowest BCUT2D eigenvalue weighted by Crippen LogP contribution is -2.50. The van der Waals surface area contributed by atoms with Crippen molar-refractivity contribution in [1.82, 2.24) is 0 Å². The van der Waals surface area contributed by atoms with Gasteiger partial charge >= 0.3 is 0 Å². The van der Waals surface area contributed by atoms with Crippen molar-refractivity contribution >= 4 is 45.4 Å². The summed E-state index contributed by atoms with van der Waals surface area (Å²) in [5.41, 5.74) is 6.55. The Kier molecular flexibility index (Phi) is 3.18. The molecule has 0 atom stereocenters. The van der Waals surface area contributed by atoms with Gasteiger partial charge < -0.3 is 0 Å². The summed E-state index contributed by atoms with van der Waals surface area (Å²) in [5.74, 6) is 0. The molecule has 0 saturated heterocycles. The van der Waals surface area contributed by atoms with Crippen molar-refractivity contribution in [3.05, 3.63) is 113 Å². The molecule has 7 rings (SSSR count). The van der Waals surface area contributed by atoms with Gasteiger partial charge in [-0.1, -0.05) is 90.4 Å². The Balaban J connectivity index is 1.76. The highest BCUT2D eigenvalue weighted by atomic mass is 16.8. The molecule has 0 fully saturated rings. The highest BCUT2D eigenvalue weighted by Gasteiger charge is 2.49. The number of rotatable bonds is 1. The van der Waals surface area contributed by atoms with Crippen molar-refractivity contribution in [2.75, 3.05) is 5.23 Å². The summed E-state index contributed by atoms with van der Waals surface area (Å²) in [4.78, 5) is 0. The lowest BCUT2D eigenvalue weighted by Gasteiger charge is -2.41. The summed E-state index contributed by atoms with van der Waals surface area (Å²) < 4.78 is 0. The SMILES string of the molecule is ON(O)c1cccc2c1[B]c1ccccc1C21c2cccc3ccc4cccc1c4c23. The van der Waals surface area contributed by atoms with Crippen molar-refractivity contribution in [3.8, 4) is 0 Å². The van der Waals surface area contributed by atoms with Gasteiger partial charge in [0, 0.05) is 0 Å². The second kappa shape index (κ2) is 5.76. The average Bonchev–Trinajstić information content (AvgIpc) is 3.10. The van der Waals surface area contributed by atoms with Gasteiger partial charge in [-0.15, -0.1) is 5.23 Å². The van der Waals surface area contributed by atoms with E-state index in [0.29, 0.717) is 5.69 Å².